The zero-order valence-corrected chi connectivity index (χ0v) is 16.1. The monoisotopic (exact) mass is 421 g/mol. The molecule has 3 aromatic rings. The first-order valence-electron chi connectivity index (χ1n) is 7.76. The Morgan fingerprint density at radius 1 is 0.750 bits per heavy atom. The predicted molar refractivity (Wildman–Crippen MR) is 103 cm³/mol. The number of aryl methyl sites for hydroxylation is 1. The van der Waals surface area contributed by atoms with Crippen LogP contribution in [0.1, 0.15) is 5.56 Å². The minimum Gasteiger partial charge on any atom is -0.398 e. The molecule has 0 atom stereocenters. The molecule has 4 N–H and O–H groups in total. The Labute approximate surface area is 161 Å². The Hall–Kier alpha value is -2.86. The van der Waals surface area contributed by atoms with Gasteiger partial charge in [-0.1, -0.05) is 6.07 Å². The molecule has 0 unspecified atom stereocenters. The number of rotatable bonds is 4. The van der Waals surface area contributed by atoms with Gasteiger partial charge in [-0.3, -0.25) is 9.11 Å². The highest BCUT2D eigenvalue weighted by atomic mass is 32.2. The van der Waals surface area contributed by atoms with Gasteiger partial charge >= 0.3 is 0 Å². The molecule has 0 saturated heterocycles. The molecule has 0 bridgehead atoms. The number of anilines is 1. The first-order valence-corrected chi connectivity index (χ1v) is 10.6. The van der Waals surface area contributed by atoms with Crippen LogP contribution in [-0.4, -0.2) is 25.9 Å². The van der Waals surface area contributed by atoms with Crippen molar-refractivity contribution in [3.8, 4) is 0 Å². The van der Waals surface area contributed by atoms with Crippen molar-refractivity contribution in [3.05, 3.63) is 54.1 Å². The average Bonchev–Trinajstić information content (AvgIpc) is 2.60. The third-order valence-electron chi connectivity index (χ3n) is 4.03. The molecule has 0 saturated carbocycles. The minimum atomic E-state index is -4.41. The van der Waals surface area contributed by atoms with Crippen LogP contribution in [0, 0.1) is 6.92 Å². The lowest BCUT2D eigenvalue weighted by Crippen LogP contribution is -1.98. The summed E-state index contributed by atoms with van der Waals surface area (Å²) in [4.78, 5) is -0.574. The summed E-state index contributed by atoms with van der Waals surface area (Å²) in [6.45, 7) is 1.60. The summed E-state index contributed by atoms with van der Waals surface area (Å²) >= 11 is 0. The van der Waals surface area contributed by atoms with Gasteiger partial charge in [0.25, 0.3) is 20.2 Å². The summed E-state index contributed by atoms with van der Waals surface area (Å²) in [5, 5.41) is 9.07. The van der Waals surface area contributed by atoms with Crippen molar-refractivity contribution < 1.29 is 25.9 Å². The van der Waals surface area contributed by atoms with Gasteiger partial charge in [-0.15, -0.1) is 5.11 Å². The lowest BCUT2D eigenvalue weighted by molar-refractivity contribution is 0.481. The number of azo groups is 1. The van der Waals surface area contributed by atoms with Gasteiger partial charge in [0.2, 0.25) is 0 Å². The Kier molecular flexibility index (Phi) is 4.93. The van der Waals surface area contributed by atoms with E-state index in [1.54, 1.807) is 13.0 Å². The number of nitrogens with two attached hydrogens (primary N) is 1. The number of hydrogen-bond acceptors (Lipinski definition) is 7. The highest BCUT2D eigenvalue weighted by molar-refractivity contribution is 7.86. The van der Waals surface area contributed by atoms with Crippen LogP contribution in [0.2, 0.25) is 0 Å². The summed E-state index contributed by atoms with van der Waals surface area (Å²) in [5.74, 6) is 0. The number of benzene rings is 3. The Morgan fingerprint density at radius 2 is 1.29 bits per heavy atom. The fourth-order valence-electron chi connectivity index (χ4n) is 2.59. The Bertz CT molecular complexity index is 1330. The molecule has 9 nitrogen and oxygen atoms in total. The molecule has 0 heterocycles. The number of nitrogens with zero attached hydrogens (tertiary/aromatic N) is 2. The molecule has 3 rings (SSSR count). The zero-order valence-electron chi connectivity index (χ0n) is 14.4. The van der Waals surface area contributed by atoms with Crippen LogP contribution >= 0.6 is 0 Å². The molecule has 3 aromatic carbocycles. The van der Waals surface area contributed by atoms with E-state index in [1.807, 2.05) is 0 Å². The summed E-state index contributed by atoms with van der Waals surface area (Å²) in [7, 11) is -8.74. The van der Waals surface area contributed by atoms with Gasteiger partial charge < -0.3 is 5.73 Å². The fraction of sp³-hybridized carbons (Fsp3) is 0.0588. The van der Waals surface area contributed by atoms with Crippen molar-refractivity contribution in [2.45, 2.75) is 16.7 Å². The van der Waals surface area contributed by atoms with Crippen molar-refractivity contribution >= 4 is 48.1 Å². The highest BCUT2D eigenvalue weighted by Crippen LogP contribution is 2.34. The zero-order chi connectivity index (χ0) is 20.7. The molecule has 11 heteroatoms. The van der Waals surface area contributed by atoms with E-state index < -0.39 is 20.2 Å². The van der Waals surface area contributed by atoms with Gasteiger partial charge in [-0.25, -0.2) is 0 Å². The van der Waals surface area contributed by atoms with Crippen molar-refractivity contribution in [1.82, 2.24) is 0 Å². The van der Waals surface area contributed by atoms with Crippen LogP contribution in [0.15, 0.2) is 68.6 Å². The van der Waals surface area contributed by atoms with E-state index in [4.69, 9.17) is 10.3 Å². The number of hydrogen-bond donors (Lipinski definition) is 3. The summed E-state index contributed by atoms with van der Waals surface area (Å²) in [6.07, 6.45) is 0. The SMILES string of the molecule is Cc1cc(S(=O)(=O)O)ccc1N=Nc1ccc(N)c2ccc(S(=O)(=O)O)cc12. The molecule has 146 valence electrons. The van der Waals surface area contributed by atoms with Crippen LogP contribution in [0.4, 0.5) is 17.1 Å². The van der Waals surface area contributed by atoms with E-state index in [9.17, 15) is 21.4 Å². The minimum absolute atomic E-state index is 0.264. The standard InChI is InChI=1S/C17H15N3O6S2/c1-10-8-11(27(21,22)23)3-6-16(10)19-20-17-7-5-15(18)13-4-2-12(9-14(13)17)28(24,25)26/h2-9H,18H2,1H3,(H,21,22,23)(H,24,25,26). The van der Waals surface area contributed by atoms with Gasteiger partial charge in [-0.2, -0.15) is 21.9 Å². The van der Waals surface area contributed by atoms with Gasteiger partial charge in [-0.05, 0) is 55.0 Å². The molecule has 0 radical (unpaired) electrons. The first kappa shape index (κ1) is 19.9. The van der Waals surface area contributed by atoms with Crippen LogP contribution in [-0.2, 0) is 20.2 Å². The van der Waals surface area contributed by atoms with Gasteiger partial charge in [0.05, 0.1) is 21.2 Å². The Balaban J connectivity index is 2.11. The molecule has 0 aromatic heterocycles. The fourth-order valence-corrected chi connectivity index (χ4v) is 3.66. The molecule has 0 spiro atoms. The smallest absolute Gasteiger partial charge is 0.294 e. The van der Waals surface area contributed by atoms with Crippen LogP contribution in [0.5, 0.6) is 0 Å². The van der Waals surface area contributed by atoms with Gasteiger partial charge in [0.1, 0.15) is 0 Å². The molecule has 0 aliphatic heterocycles. The van der Waals surface area contributed by atoms with Crippen molar-refractivity contribution in [2.75, 3.05) is 5.73 Å². The second kappa shape index (κ2) is 6.95. The molecule has 0 fully saturated rings. The van der Waals surface area contributed by atoms with E-state index in [2.05, 4.69) is 10.2 Å². The third kappa shape index (κ3) is 4.02. The number of fused-ring (bicyclic) bond motifs is 1. The van der Waals surface area contributed by atoms with Crippen molar-refractivity contribution in [3.63, 3.8) is 0 Å². The lowest BCUT2D eigenvalue weighted by Gasteiger charge is -2.07. The molecular weight excluding hydrogens is 406 g/mol. The third-order valence-corrected chi connectivity index (χ3v) is 5.73. The van der Waals surface area contributed by atoms with Gasteiger partial charge in [0.15, 0.2) is 0 Å². The summed E-state index contributed by atoms with van der Waals surface area (Å²) in [6, 6.07) is 10.9. The predicted octanol–water partition coefficient (Wildman–Crippen LogP) is 3.64. The molecule has 0 aliphatic rings. The van der Waals surface area contributed by atoms with Crippen molar-refractivity contribution in [1.29, 1.82) is 0 Å². The van der Waals surface area contributed by atoms with E-state index >= 15 is 0 Å². The van der Waals surface area contributed by atoms with E-state index in [0.29, 0.717) is 33.4 Å². The first-order chi connectivity index (χ1) is 13.0. The van der Waals surface area contributed by atoms with Crippen LogP contribution in [0.3, 0.4) is 0 Å². The summed E-state index contributed by atoms with van der Waals surface area (Å²) in [5.41, 5.74) is 7.41. The van der Waals surface area contributed by atoms with E-state index in [0.717, 1.165) is 0 Å². The van der Waals surface area contributed by atoms with E-state index in [1.165, 1.54) is 42.5 Å². The topological polar surface area (TPSA) is 159 Å². The Morgan fingerprint density at radius 3 is 1.89 bits per heavy atom. The van der Waals surface area contributed by atoms with Crippen LogP contribution < -0.4 is 5.73 Å². The summed E-state index contributed by atoms with van der Waals surface area (Å²) < 4.78 is 63.5. The van der Waals surface area contributed by atoms with Crippen LogP contribution in [0.25, 0.3) is 10.8 Å². The molecule has 0 amide bonds. The average molecular weight is 421 g/mol. The lowest BCUT2D eigenvalue weighted by atomic mass is 10.1. The maximum absolute atomic E-state index is 11.4. The molecule has 0 aliphatic carbocycles. The van der Waals surface area contributed by atoms with E-state index in [-0.39, 0.29) is 9.79 Å². The second-order valence-corrected chi connectivity index (χ2v) is 8.82. The maximum atomic E-state index is 11.4. The molecular formula is C17H15N3O6S2. The van der Waals surface area contributed by atoms with Crippen molar-refractivity contribution in [2.24, 2.45) is 10.2 Å². The second-order valence-electron chi connectivity index (χ2n) is 5.98. The quantitative estimate of drug-likeness (QED) is 0.329. The highest BCUT2D eigenvalue weighted by Gasteiger charge is 2.14. The molecule has 28 heavy (non-hydrogen) atoms. The largest absolute Gasteiger partial charge is 0.398 e. The normalized spacial score (nSPS) is 12.7. The number of nitrogen functional groups attached to an aromatic ring is 1. The maximum Gasteiger partial charge on any atom is 0.294 e. The van der Waals surface area contributed by atoms with Gasteiger partial charge in [0, 0.05) is 16.5 Å².